The quantitative estimate of drug-likeness (QED) is 0.785. The Labute approximate surface area is 115 Å². The van der Waals surface area contributed by atoms with Crippen LogP contribution < -0.4 is 11.2 Å². The maximum absolute atomic E-state index is 12.4. The summed E-state index contributed by atoms with van der Waals surface area (Å²) in [7, 11) is 0. The molecule has 0 spiro atoms. The molecular formula is C13H18N4O3. The average Bonchev–Trinajstić information content (AvgIpc) is 2.79. The third kappa shape index (κ3) is 1.90. The number of aryl methyl sites for hydroxylation is 1. The molecule has 0 atom stereocenters. The fourth-order valence-electron chi connectivity index (χ4n) is 2.35. The second-order valence-corrected chi connectivity index (χ2v) is 4.33. The first kappa shape index (κ1) is 14.3. The molecule has 2 rings (SSSR count). The van der Waals surface area contributed by atoms with Gasteiger partial charge in [-0.15, -0.1) is 6.58 Å². The van der Waals surface area contributed by atoms with Gasteiger partial charge in [-0.25, -0.2) is 9.78 Å². The maximum Gasteiger partial charge on any atom is 0.332 e. The van der Waals surface area contributed by atoms with Crippen LogP contribution in [-0.4, -0.2) is 23.8 Å². The molecule has 0 aliphatic carbocycles. The van der Waals surface area contributed by atoms with E-state index < -0.39 is 0 Å². The molecule has 20 heavy (non-hydrogen) atoms. The highest BCUT2D eigenvalue weighted by Crippen LogP contribution is 2.12. The molecule has 0 saturated heterocycles. The van der Waals surface area contributed by atoms with Crippen molar-refractivity contribution < 1.29 is 5.11 Å². The van der Waals surface area contributed by atoms with E-state index in [2.05, 4.69) is 11.6 Å². The summed E-state index contributed by atoms with van der Waals surface area (Å²) < 4.78 is 4.22. The molecule has 108 valence electrons. The van der Waals surface area contributed by atoms with Gasteiger partial charge < -0.3 is 9.67 Å². The van der Waals surface area contributed by atoms with Gasteiger partial charge >= 0.3 is 5.69 Å². The molecule has 0 fully saturated rings. The minimum Gasteiger partial charge on any atom is -0.388 e. The number of nitrogens with zero attached hydrogens (tertiary/aromatic N) is 4. The van der Waals surface area contributed by atoms with Gasteiger partial charge in [0.15, 0.2) is 11.2 Å². The van der Waals surface area contributed by atoms with E-state index in [9.17, 15) is 14.7 Å². The SMILES string of the molecule is C=CCn1c(CO)nc2c1c(=O)n(CC)c(=O)n2CC. The van der Waals surface area contributed by atoms with Crippen molar-refractivity contribution in [2.75, 3.05) is 0 Å². The lowest BCUT2D eigenvalue weighted by Gasteiger charge is -2.09. The Morgan fingerprint density at radius 3 is 2.35 bits per heavy atom. The van der Waals surface area contributed by atoms with E-state index in [0.29, 0.717) is 36.6 Å². The summed E-state index contributed by atoms with van der Waals surface area (Å²) in [5.41, 5.74) is -0.109. The van der Waals surface area contributed by atoms with Gasteiger partial charge in [0.1, 0.15) is 12.4 Å². The van der Waals surface area contributed by atoms with E-state index in [0.717, 1.165) is 0 Å². The number of fused-ring (bicyclic) bond motifs is 1. The Balaban J connectivity index is 3.04. The van der Waals surface area contributed by atoms with E-state index in [-0.39, 0.29) is 17.9 Å². The van der Waals surface area contributed by atoms with Crippen LogP contribution in [0.15, 0.2) is 22.2 Å². The van der Waals surface area contributed by atoms with E-state index in [1.807, 2.05) is 6.92 Å². The normalized spacial score (nSPS) is 11.2. The highest BCUT2D eigenvalue weighted by atomic mass is 16.3. The van der Waals surface area contributed by atoms with Crippen molar-refractivity contribution in [2.45, 2.75) is 40.1 Å². The topological polar surface area (TPSA) is 82.1 Å². The van der Waals surface area contributed by atoms with Crippen LogP contribution in [-0.2, 0) is 26.2 Å². The molecule has 7 heteroatoms. The minimum absolute atomic E-state index is 0.293. The first-order valence-corrected chi connectivity index (χ1v) is 6.55. The van der Waals surface area contributed by atoms with Crippen LogP contribution >= 0.6 is 0 Å². The third-order valence-corrected chi connectivity index (χ3v) is 3.28. The Kier molecular flexibility index (Phi) is 3.89. The van der Waals surface area contributed by atoms with Crippen molar-refractivity contribution in [2.24, 2.45) is 0 Å². The smallest absolute Gasteiger partial charge is 0.332 e. The molecule has 0 aromatic carbocycles. The zero-order valence-corrected chi connectivity index (χ0v) is 11.7. The number of aliphatic hydroxyl groups is 1. The second-order valence-electron chi connectivity index (χ2n) is 4.33. The molecule has 0 bridgehead atoms. The Bertz CT molecular complexity index is 766. The van der Waals surface area contributed by atoms with Crippen LogP contribution in [0.3, 0.4) is 0 Å². The van der Waals surface area contributed by atoms with Gasteiger partial charge in [0.2, 0.25) is 0 Å². The zero-order valence-electron chi connectivity index (χ0n) is 11.7. The highest BCUT2D eigenvalue weighted by Gasteiger charge is 2.19. The van der Waals surface area contributed by atoms with Gasteiger partial charge in [-0.1, -0.05) is 6.08 Å². The average molecular weight is 278 g/mol. The van der Waals surface area contributed by atoms with Crippen LogP contribution in [0.2, 0.25) is 0 Å². The molecule has 2 heterocycles. The number of hydrogen-bond acceptors (Lipinski definition) is 4. The van der Waals surface area contributed by atoms with Crippen molar-refractivity contribution in [1.29, 1.82) is 0 Å². The van der Waals surface area contributed by atoms with E-state index in [4.69, 9.17) is 0 Å². The van der Waals surface area contributed by atoms with E-state index >= 15 is 0 Å². The monoisotopic (exact) mass is 278 g/mol. The van der Waals surface area contributed by atoms with Gasteiger partial charge in [-0.3, -0.25) is 13.9 Å². The Morgan fingerprint density at radius 2 is 1.85 bits per heavy atom. The van der Waals surface area contributed by atoms with Crippen LogP contribution in [0.4, 0.5) is 0 Å². The molecule has 0 saturated carbocycles. The predicted octanol–water partition coefficient (Wildman–Crippen LogP) is 0.0778. The lowest BCUT2D eigenvalue weighted by Crippen LogP contribution is -2.40. The number of rotatable bonds is 5. The lowest BCUT2D eigenvalue weighted by atomic mass is 10.4. The van der Waals surface area contributed by atoms with Crippen LogP contribution in [0.5, 0.6) is 0 Å². The number of aliphatic hydroxyl groups excluding tert-OH is 1. The Hall–Kier alpha value is -2.15. The van der Waals surface area contributed by atoms with Crippen LogP contribution in [0.1, 0.15) is 19.7 Å². The van der Waals surface area contributed by atoms with Gasteiger partial charge in [0, 0.05) is 19.6 Å². The fourth-order valence-corrected chi connectivity index (χ4v) is 2.35. The van der Waals surface area contributed by atoms with E-state index in [1.54, 1.807) is 17.6 Å². The molecule has 7 nitrogen and oxygen atoms in total. The molecular weight excluding hydrogens is 260 g/mol. The largest absolute Gasteiger partial charge is 0.388 e. The summed E-state index contributed by atoms with van der Waals surface area (Å²) in [4.78, 5) is 28.9. The van der Waals surface area contributed by atoms with Gasteiger partial charge in [0.05, 0.1) is 0 Å². The molecule has 0 unspecified atom stereocenters. The molecule has 0 aliphatic rings. The van der Waals surface area contributed by atoms with Crippen molar-refractivity contribution in [3.05, 3.63) is 39.3 Å². The van der Waals surface area contributed by atoms with Crippen molar-refractivity contribution >= 4 is 11.2 Å². The molecule has 0 amide bonds. The van der Waals surface area contributed by atoms with Crippen molar-refractivity contribution in [3.63, 3.8) is 0 Å². The maximum atomic E-state index is 12.4. The number of allylic oxidation sites excluding steroid dienone is 1. The highest BCUT2D eigenvalue weighted by molar-refractivity contribution is 5.71. The first-order valence-electron chi connectivity index (χ1n) is 6.55. The summed E-state index contributed by atoms with van der Waals surface area (Å²) in [6.07, 6.45) is 1.62. The number of aromatic nitrogens is 4. The minimum atomic E-state index is -0.383. The molecule has 2 aromatic heterocycles. The third-order valence-electron chi connectivity index (χ3n) is 3.28. The summed E-state index contributed by atoms with van der Waals surface area (Å²) >= 11 is 0. The molecule has 0 radical (unpaired) electrons. The summed E-state index contributed by atoms with van der Waals surface area (Å²) in [5, 5.41) is 9.38. The van der Waals surface area contributed by atoms with Crippen LogP contribution in [0.25, 0.3) is 11.2 Å². The van der Waals surface area contributed by atoms with Gasteiger partial charge in [-0.2, -0.15) is 0 Å². The van der Waals surface area contributed by atoms with Crippen LogP contribution in [0, 0.1) is 0 Å². The first-order chi connectivity index (χ1) is 9.60. The summed E-state index contributed by atoms with van der Waals surface area (Å²) in [6, 6.07) is 0. The standard InChI is InChI=1S/C13H18N4O3/c1-4-7-17-9(8-18)14-11-10(17)12(19)16(6-3)13(20)15(11)5-2/h4,18H,1,5-8H2,2-3H3. The molecule has 0 aliphatic heterocycles. The second kappa shape index (κ2) is 5.46. The summed E-state index contributed by atoms with van der Waals surface area (Å²) in [5.74, 6) is 0.354. The summed E-state index contributed by atoms with van der Waals surface area (Å²) in [6.45, 7) is 7.96. The number of hydrogen-bond donors (Lipinski definition) is 1. The van der Waals surface area contributed by atoms with Crippen molar-refractivity contribution in [1.82, 2.24) is 18.7 Å². The number of imidazole rings is 1. The zero-order chi connectivity index (χ0) is 14.9. The van der Waals surface area contributed by atoms with E-state index in [1.165, 1.54) is 9.13 Å². The predicted molar refractivity (Wildman–Crippen MR) is 75.7 cm³/mol. The van der Waals surface area contributed by atoms with Gasteiger partial charge in [0.25, 0.3) is 5.56 Å². The molecule has 2 aromatic rings. The fraction of sp³-hybridized carbons (Fsp3) is 0.462. The van der Waals surface area contributed by atoms with Crippen molar-refractivity contribution in [3.8, 4) is 0 Å². The Morgan fingerprint density at radius 1 is 1.20 bits per heavy atom. The van der Waals surface area contributed by atoms with Gasteiger partial charge in [-0.05, 0) is 13.8 Å². The lowest BCUT2D eigenvalue weighted by molar-refractivity contribution is 0.267. The molecule has 1 N–H and O–H groups in total.